The van der Waals surface area contributed by atoms with Gasteiger partial charge in [-0.15, -0.1) is 0 Å². The maximum absolute atomic E-state index is 10.9. The molecule has 4 nitrogen and oxygen atoms in total. The average Bonchev–Trinajstić information content (AvgIpc) is 2.40. The van der Waals surface area contributed by atoms with E-state index >= 15 is 0 Å². The Balaban J connectivity index is 2.25. The number of nitro benzene ring substituents is 1. The van der Waals surface area contributed by atoms with Crippen LogP contribution in [0.3, 0.4) is 0 Å². The van der Waals surface area contributed by atoms with Gasteiger partial charge in [-0.3, -0.25) is 10.1 Å². The zero-order valence-corrected chi connectivity index (χ0v) is 12.9. The summed E-state index contributed by atoms with van der Waals surface area (Å²) in [6.07, 6.45) is 0. The van der Waals surface area contributed by atoms with Crippen molar-refractivity contribution < 1.29 is 4.92 Å². The smallest absolute Gasteiger partial charge is 0.289 e. The maximum atomic E-state index is 10.9. The van der Waals surface area contributed by atoms with Crippen LogP contribution < -0.4 is 5.32 Å². The van der Waals surface area contributed by atoms with Crippen molar-refractivity contribution in [3.63, 3.8) is 0 Å². The molecule has 0 fully saturated rings. The van der Waals surface area contributed by atoms with E-state index in [0.717, 1.165) is 0 Å². The summed E-state index contributed by atoms with van der Waals surface area (Å²) in [6.45, 7) is 6.14. The minimum Gasteiger partial charge on any atom is -0.378 e. The molecule has 0 aliphatic rings. The van der Waals surface area contributed by atoms with Crippen LogP contribution in [0.25, 0.3) is 0 Å². The van der Waals surface area contributed by atoms with Gasteiger partial charge in [-0.05, 0) is 44.0 Å². The van der Waals surface area contributed by atoms with E-state index in [2.05, 4.69) is 37.4 Å². The van der Waals surface area contributed by atoms with Crippen molar-refractivity contribution in [2.75, 3.05) is 5.32 Å². The van der Waals surface area contributed by atoms with E-state index in [-0.39, 0.29) is 16.8 Å². The molecule has 2 aromatic carbocycles. The quantitative estimate of drug-likeness (QED) is 0.636. The molecule has 0 aliphatic carbocycles. The zero-order chi connectivity index (χ0) is 15.6. The van der Waals surface area contributed by atoms with Gasteiger partial charge in [-0.25, -0.2) is 0 Å². The van der Waals surface area contributed by atoms with Crippen molar-refractivity contribution in [1.29, 1.82) is 0 Å². The first-order valence-electron chi connectivity index (χ1n) is 6.66. The third-order valence-corrected chi connectivity index (χ3v) is 3.74. The topological polar surface area (TPSA) is 55.2 Å². The lowest BCUT2D eigenvalue weighted by Gasteiger charge is -2.18. The second-order valence-electron chi connectivity index (χ2n) is 5.15. The van der Waals surface area contributed by atoms with Gasteiger partial charge in [0.15, 0.2) is 0 Å². The number of hydrogen-bond acceptors (Lipinski definition) is 3. The molecule has 2 rings (SSSR count). The zero-order valence-electron chi connectivity index (χ0n) is 12.2. The first kappa shape index (κ1) is 15.3. The average molecular weight is 305 g/mol. The molecule has 21 heavy (non-hydrogen) atoms. The number of anilines is 1. The van der Waals surface area contributed by atoms with Crippen molar-refractivity contribution in [2.24, 2.45) is 0 Å². The third kappa shape index (κ3) is 3.52. The number of nitrogens with zero attached hydrogens (tertiary/aromatic N) is 1. The number of benzene rings is 2. The van der Waals surface area contributed by atoms with Gasteiger partial charge in [0, 0.05) is 17.8 Å². The highest BCUT2D eigenvalue weighted by Gasteiger charge is 2.14. The molecule has 0 bridgehead atoms. The summed E-state index contributed by atoms with van der Waals surface area (Å²) >= 11 is 5.82. The Labute approximate surface area is 128 Å². The molecule has 1 N–H and O–H groups in total. The van der Waals surface area contributed by atoms with E-state index in [1.54, 1.807) is 6.07 Å². The number of hydrogen-bond donors (Lipinski definition) is 1. The second kappa shape index (κ2) is 6.14. The number of nitro groups is 1. The summed E-state index contributed by atoms with van der Waals surface area (Å²) < 4.78 is 0. The number of aryl methyl sites for hydroxylation is 2. The lowest BCUT2D eigenvalue weighted by Crippen LogP contribution is -2.08. The summed E-state index contributed by atoms with van der Waals surface area (Å²) in [4.78, 5) is 10.4. The van der Waals surface area contributed by atoms with Gasteiger partial charge in [0.25, 0.3) is 5.69 Å². The lowest BCUT2D eigenvalue weighted by molar-refractivity contribution is -0.384. The highest BCUT2D eigenvalue weighted by molar-refractivity contribution is 6.32. The highest BCUT2D eigenvalue weighted by atomic mass is 35.5. The Hall–Kier alpha value is -2.07. The molecule has 0 spiro atoms. The fourth-order valence-electron chi connectivity index (χ4n) is 2.38. The summed E-state index contributed by atoms with van der Waals surface area (Å²) in [5.74, 6) is 0. The van der Waals surface area contributed by atoms with Crippen LogP contribution in [0.2, 0.25) is 5.02 Å². The third-order valence-electron chi connectivity index (χ3n) is 3.42. The Kier molecular flexibility index (Phi) is 4.48. The van der Waals surface area contributed by atoms with Crippen LogP contribution in [0.1, 0.15) is 29.7 Å². The van der Waals surface area contributed by atoms with Crippen molar-refractivity contribution >= 4 is 23.0 Å². The maximum Gasteiger partial charge on any atom is 0.289 e. The van der Waals surface area contributed by atoms with Gasteiger partial charge >= 0.3 is 0 Å². The molecule has 0 saturated heterocycles. The predicted molar refractivity (Wildman–Crippen MR) is 86.1 cm³/mol. The number of rotatable bonds is 4. The Morgan fingerprint density at radius 1 is 1.19 bits per heavy atom. The van der Waals surface area contributed by atoms with E-state index in [1.165, 1.54) is 28.8 Å². The largest absolute Gasteiger partial charge is 0.378 e. The molecular weight excluding hydrogens is 288 g/mol. The molecule has 0 amide bonds. The van der Waals surface area contributed by atoms with E-state index in [1.807, 2.05) is 6.92 Å². The van der Waals surface area contributed by atoms with Crippen molar-refractivity contribution in [3.05, 3.63) is 68.2 Å². The van der Waals surface area contributed by atoms with E-state index in [4.69, 9.17) is 11.6 Å². The summed E-state index contributed by atoms with van der Waals surface area (Å²) in [6, 6.07) is 11.1. The van der Waals surface area contributed by atoms with Crippen LogP contribution in [0.4, 0.5) is 11.4 Å². The number of halogens is 1. The van der Waals surface area contributed by atoms with Gasteiger partial charge < -0.3 is 5.32 Å². The Morgan fingerprint density at radius 2 is 1.90 bits per heavy atom. The van der Waals surface area contributed by atoms with Gasteiger partial charge in [0.05, 0.1) is 4.92 Å². The molecule has 2 aromatic rings. The highest BCUT2D eigenvalue weighted by Crippen LogP contribution is 2.30. The van der Waals surface area contributed by atoms with E-state index in [9.17, 15) is 10.1 Å². The fourth-order valence-corrected chi connectivity index (χ4v) is 2.57. The van der Waals surface area contributed by atoms with Crippen LogP contribution in [0.15, 0.2) is 36.4 Å². The first-order chi connectivity index (χ1) is 9.88. The molecule has 0 saturated carbocycles. The molecular formula is C16H17ClN2O2. The lowest BCUT2D eigenvalue weighted by atomic mass is 10.00. The molecule has 110 valence electrons. The van der Waals surface area contributed by atoms with Crippen molar-refractivity contribution in [2.45, 2.75) is 26.8 Å². The van der Waals surface area contributed by atoms with Crippen LogP contribution in [0, 0.1) is 24.0 Å². The fraction of sp³-hybridized carbons (Fsp3) is 0.250. The second-order valence-corrected chi connectivity index (χ2v) is 5.56. The standard InChI is InChI=1S/C16H17ClN2O2/c1-10-4-6-14(11(2)8-10)12(3)18-13-5-7-15(17)16(9-13)19(20)21/h4-9,12,18H,1-3H3. The summed E-state index contributed by atoms with van der Waals surface area (Å²) in [7, 11) is 0. The molecule has 5 heteroatoms. The minimum atomic E-state index is -0.477. The van der Waals surface area contributed by atoms with E-state index in [0.29, 0.717) is 5.69 Å². The Morgan fingerprint density at radius 3 is 2.52 bits per heavy atom. The van der Waals surface area contributed by atoms with Gasteiger partial charge in [0.2, 0.25) is 0 Å². The van der Waals surface area contributed by atoms with Crippen LogP contribution in [0.5, 0.6) is 0 Å². The monoisotopic (exact) mass is 304 g/mol. The Bertz CT molecular complexity index is 686. The molecule has 0 aromatic heterocycles. The molecule has 0 heterocycles. The van der Waals surface area contributed by atoms with E-state index < -0.39 is 4.92 Å². The summed E-state index contributed by atoms with van der Waals surface area (Å²) in [5, 5.41) is 14.3. The summed E-state index contributed by atoms with van der Waals surface area (Å²) in [5.41, 5.74) is 4.16. The van der Waals surface area contributed by atoms with Crippen LogP contribution in [-0.2, 0) is 0 Å². The SMILES string of the molecule is Cc1ccc(C(C)Nc2ccc(Cl)c([N+](=O)[O-])c2)c(C)c1. The normalized spacial score (nSPS) is 12.0. The van der Waals surface area contributed by atoms with Crippen LogP contribution in [-0.4, -0.2) is 4.92 Å². The minimum absolute atomic E-state index is 0.0476. The molecule has 0 radical (unpaired) electrons. The first-order valence-corrected chi connectivity index (χ1v) is 7.04. The van der Waals surface area contributed by atoms with Gasteiger partial charge in [-0.1, -0.05) is 35.4 Å². The van der Waals surface area contributed by atoms with Gasteiger partial charge in [0.1, 0.15) is 5.02 Å². The molecule has 0 aliphatic heterocycles. The van der Waals surface area contributed by atoms with Crippen molar-refractivity contribution in [1.82, 2.24) is 0 Å². The predicted octanol–water partition coefficient (Wildman–Crippen LogP) is 5.04. The number of nitrogens with one attached hydrogen (secondary N) is 1. The van der Waals surface area contributed by atoms with Gasteiger partial charge in [-0.2, -0.15) is 0 Å². The molecule has 1 unspecified atom stereocenters. The van der Waals surface area contributed by atoms with Crippen LogP contribution >= 0.6 is 11.6 Å². The molecule has 1 atom stereocenters. The van der Waals surface area contributed by atoms with Crippen molar-refractivity contribution in [3.8, 4) is 0 Å².